The first kappa shape index (κ1) is 14.3. The van der Waals surface area contributed by atoms with Crippen LogP contribution in [0.3, 0.4) is 0 Å². The van der Waals surface area contributed by atoms with Crippen molar-refractivity contribution in [1.29, 1.82) is 0 Å². The van der Waals surface area contributed by atoms with Gasteiger partial charge in [0.05, 0.1) is 5.39 Å². The van der Waals surface area contributed by atoms with Crippen molar-refractivity contribution < 1.29 is 9.53 Å². The van der Waals surface area contributed by atoms with E-state index in [1.165, 1.54) is 16.9 Å². The van der Waals surface area contributed by atoms with Crippen molar-refractivity contribution in [2.45, 2.75) is 26.2 Å². The van der Waals surface area contributed by atoms with E-state index in [0.717, 1.165) is 35.3 Å². The van der Waals surface area contributed by atoms with Crippen LogP contribution < -0.4 is 4.74 Å². The van der Waals surface area contributed by atoms with Gasteiger partial charge in [0.2, 0.25) is 5.88 Å². The Bertz CT molecular complexity index is 871. The van der Waals surface area contributed by atoms with Crippen LogP contribution >= 0.6 is 11.3 Å². The summed E-state index contributed by atoms with van der Waals surface area (Å²) in [7, 11) is 0. The molecule has 0 amide bonds. The number of hydrogen-bond donors (Lipinski definition) is 0. The number of thiophene rings is 1. The van der Waals surface area contributed by atoms with E-state index in [1.807, 2.05) is 0 Å². The Hall–Kier alpha value is -2.27. The average Bonchev–Trinajstić information content (AvgIpc) is 2.94. The van der Waals surface area contributed by atoms with E-state index in [-0.39, 0.29) is 0 Å². The van der Waals surface area contributed by atoms with Gasteiger partial charge in [0, 0.05) is 10.4 Å². The van der Waals surface area contributed by atoms with Gasteiger partial charge in [-0.1, -0.05) is 6.92 Å². The van der Waals surface area contributed by atoms with Crippen LogP contribution in [0.2, 0.25) is 0 Å². The third kappa shape index (κ3) is 2.61. The molecule has 0 saturated carbocycles. The number of nitrogens with zero attached hydrogens (tertiary/aromatic N) is 2. The van der Waals surface area contributed by atoms with Crippen LogP contribution in [0.1, 0.15) is 34.1 Å². The van der Waals surface area contributed by atoms with Gasteiger partial charge < -0.3 is 4.74 Å². The molecule has 5 heteroatoms. The van der Waals surface area contributed by atoms with E-state index in [9.17, 15) is 4.79 Å². The topological polar surface area (TPSA) is 52.1 Å². The number of aldehydes is 1. The van der Waals surface area contributed by atoms with Gasteiger partial charge >= 0.3 is 0 Å². The quantitative estimate of drug-likeness (QED) is 0.669. The number of aryl methyl sites for hydroxylation is 1. The molecular weight excluding hydrogens is 308 g/mol. The molecule has 23 heavy (non-hydrogen) atoms. The molecule has 3 aromatic rings. The number of ether oxygens (including phenoxy) is 1. The third-order valence-corrected chi connectivity index (χ3v) is 5.45. The van der Waals surface area contributed by atoms with Crippen LogP contribution in [0.25, 0.3) is 10.2 Å². The van der Waals surface area contributed by atoms with Crippen molar-refractivity contribution in [3.8, 4) is 11.6 Å². The third-order valence-electron chi connectivity index (χ3n) is 4.29. The summed E-state index contributed by atoms with van der Waals surface area (Å²) in [5.41, 5.74) is 1.98. The first-order valence-corrected chi connectivity index (χ1v) is 8.54. The fourth-order valence-electron chi connectivity index (χ4n) is 3.05. The molecule has 0 unspecified atom stereocenters. The van der Waals surface area contributed by atoms with E-state index in [2.05, 4.69) is 16.9 Å². The predicted molar refractivity (Wildman–Crippen MR) is 90.5 cm³/mol. The second-order valence-corrected chi connectivity index (χ2v) is 7.08. The van der Waals surface area contributed by atoms with Gasteiger partial charge in [-0.05, 0) is 55.0 Å². The Morgan fingerprint density at radius 1 is 1.26 bits per heavy atom. The largest absolute Gasteiger partial charge is 0.438 e. The SMILES string of the molecule is C[C@@H]1CCc2c(sc3ncnc(Oc4ccc(C=O)cc4)c23)C1. The molecule has 4 nitrogen and oxygen atoms in total. The highest BCUT2D eigenvalue weighted by atomic mass is 32.1. The fourth-order valence-corrected chi connectivity index (χ4v) is 4.39. The van der Waals surface area contributed by atoms with Crippen molar-refractivity contribution in [1.82, 2.24) is 9.97 Å². The summed E-state index contributed by atoms with van der Waals surface area (Å²) < 4.78 is 5.98. The molecule has 1 aliphatic rings. The molecule has 0 bridgehead atoms. The maximum atomic E-state index is 10.7. The minimum atomic E-state index is 0.612. The Morgan fingerprint density at radius 2 is 2.09 bits per heavy atom. The van der Waals surface area contributed by atoms with Gasteiger partial charge in [-0.2, -0.15) is 0 Å². The van der Waals surface area contributed by atoms with Crippen molar-refractivity contribution in [2.75, 3.05) is 0 Å². The molecule has 0 N–H and O–H groups in total. The summed E-state index contributed by atoms with van der Waals surface area (Å²) in [6, 6.07) is 7.06. The molecule has 1 aromatic carbocycles. The van der Waals surface area contributed by atoms with Crippen LogP contribution in [0.15, 0.2) is 30.6 Å². The Kier molecular flexibility index (Phi) is 3.58. The van der Waals surface area contributed by atoms with Gasteiger partial charge in [-0.15, -0.1) is 11.3 Å². The lowest BCUT2D eigenvalue weighted by molar-refractivity contribution is 0.112. The van der Waals surface area contributed by atoms with Gasteiger partial charge in [-0.3, -0.25) is 4.79 Å². The van der Waals surface area contributed by atoms with Gasteiger partial charge in [0.1, 0.15) is 23.2 Å². The number of fused-ring (bicyclic) bond motifs is 3. The summed E-state index contributed by atoms with van der Waals surface area (Å²) >= 11 is 1.76. The van der Waals surface area contributed by atoms with Crippen molar-refractivity contribution in [3.05, 3.63) is 46.6 Å². The minimum Gasteiger partial charge on any atom is -0.438 e. The zero-order valence-electron chi connectivity index (χ0n) is 12.8. The summed E-state index contributed by atoms with van der Waals surface area (Å²) in [6.07, 6.45) is 5.75. The molecule has 116 valence electrons. The highest BCUT2D eigenvalue weighted by molar-refractivity contribution is 7.18. The standard InChI is InChI=1S/C18H16N2O2S/c1-11-2-7-14-15(8-11)23-18-16(14)17(19-10-20-18)22-13-5-3-12(9-21)4-6-13/h3-6,9-11H,2,7-8H2,1H3/t11-/m1/s1. The van der Waals surface area contributed by atoms with Crippen molar-refractivity contribution >= 4 is 27.8 Å². The second-order valence-electron chi connectivity index (χ2n) is 6.00. The van der Waals surface area contributed by atoms with Gasteiger partial charge in [-0.25, -0.2) is 9.97 Å². The first-order chi connectivity index (χ1) is 11.2. The smallest absolute Gasteiger partial charge is 0.231 e. The zero-order chi connectivity index (χ0) is 15.8. The van der Waals surface area contributed by atoms with E-state index in [0.29, 0.717) is 17.2 Å². The van der Waals surface area contributed by atoms with Crippen LogP contribution in [0.4, 0.5) is 0 Å². The highest BCUT2D eigenvalue weighted by Gasteiger charge is 2.23. The lowest BCUT2D eigenvalue weighted by Crippen LogP contribution is -2.08. The lowest BCUT2D eigenvalue weighted by Gasteiger charge is -2.18. The van der Waals surface area contributed by atoms with Crippen LogP contribution in [0.5, 0.6) is 11.6 Å². The van der Waals surface area contributed by atoms with Crippen LogP contribution in [-0.4, -0.2) is 16.3 Å². The van der Waals surface area contributed by atoms with E-state index in [1.54, 1.807) is 41.9 Å². The van der Waals surface area contributed by atoms with Crippen molar-refractivity contribution in [3.63, 3.8) is 0 Å². The molecule has 0 aliphatic heterocycles. The molecule has 0 saturated heterocycles. The normalized spacial score (nSPS) is 17.0. The second kappa shape index (κ2) is 5.74. The summed E-state index contributed by atoms with van der Waals surface area (Å²) in [5, 5.41) is 1.05. The molecule has 1 aliphatic carbocycles. The average molecular weight is 324 g/mol. The Labute approximate surface area is 138 Å². The number of aromatic nitrogens is 2. The number of hydrogen-bond acceptors (Lipinski definition) is 5. The minimum absolute atomic E-state index is 0.612. The first-order valence-electron chi connectivity index (χ1n) is 7.73. The molecule has 2 heterocycles. The number of carbonyl (C=O) groups is 1. The molecule has 1 atom stereocenters. The van der Waals surface area contributed by atoms with Crippen LogP contribution in [-0.2, 0) is 12.8 Å². The molecule has 0 spiro atoms. The van der Waals surface area contributed by atoms with Crippen molar-refractivity contribution in [2.24, 2.45) is 5.92 Å². The van der Waals surface area contributed by atoms with Gasteiger partial charge in [0.25, 0.3) is 0 Å². The van der Waals surface area contributed by atoms with Crippen LogP contribution in [0, 0.1) is 5.92 Å². The van der Waals surface area contributed by atoms with E-state index >= 15 is 0 Å². The summed E-state index contributed by atoms with van der Waals surface area (Å²) in [5.74, 6) is 2.02. The highest BCUT2D eigenvalue weighted by Crippen LogP contribution is 2.41. The van der Waals surface area contributed by atoms with E-state index in [4.69, 9.17) is 4.74 Å². The fraction of sp³-hybridized carbons (Fsp3) is 0.278. The molecule has 0 radical (unpaired) electrons. The Morgan fingerprint density at radius 3 is 2.87 bits per heavy atom. The summed E-state index contributed by atoms with van der Waals surface area (Å²) in [6.45, 7) is 2.30. The molecule has 4 rings (SSSR count). The number of rotatable bonds is 3. The lowest BCUT2D eigenvalue weighted by atomic mass is 9.89. The number of carbonyl (C=O) groups excluding carboxylic acids is 1. The maximum Gasteiger partial charge on any atom is 0.231 e. The zero-order valence-corrected chi connectivity index (χ0v) is 13.6. The monoisotopic (exact) mass is 324 g/mol. The maximum absolute atomic E-state index is 10.7. The molecular formula is C18H16N2O2S. The van der Waals surface area contributed by atoms with Gasteiger partial charge in [0.15, 0.2) is 0 Å². The number of benzene rings is 1. The summed E-state index contributed by atoms with van der Waals surface area (Å²) in [4.78, 5) is 21.9. The molecule has 0 fully saturated rings. The predicted octanol–water partition coefficient (Wildman–Crippen LogP) is 4.42. The van der Waals surface area contributed by atoms with E-state index < -0.39 is 0 Å². The molecule has 2 aromatic heterocycles. The Balaban J connectivity index is 1.76.